The van der Waals surface area contributed by atoms with Gasteiger partial charge in [0, 0.05) is 6.20 Å². The molecule has 5 N–H and O–H groups in total. The van der Waals surface area contributed by atoms with E-state index >= 15 is 0 Å². The van der Waals surface area contributed by atoms with E-state index in [0.29, 0.717) is 0 Å². The first-order valence-electron chi connectivity index (χ1n) is 5.01. The summed E-state index contributed by atoms with van der Waals surface area (Å²) in [6.45, 7) is -0.181. The van der Waals surface area contributed by atoms with E-state index in [2.05, 4.69) is 4.98 Å². The molecule has 2 rings (SSSR count). The lowest BCUT2D eigenvalue weighted by atomic mass is 10.0. The van der Waals surface area contributed by atoms with Crippen molar-refractivity contribution < 1.29 is 20.1 Å². The van der Waals surface area contributed by atoms with Gasteiger partial charge in [0.05, 0.1) is 6.61 Å². The maximum absolute atomic E-state index is 11.5. The van der Waals surface area contributed by atoms with Gasteiger partial charge < -0.3 is 25.8 Å². The van der Waals surface area contributed by atoms with Crippen LogP contribution in [-0.2, 0) is 4.74 Å². The first-order chi connectivity index (χ1) is 8.00. The van der Waals surface area contributed by atoms with Crippen molar-refractivity contribution in [3.63, 3.8) is 0 Å². The average Bonchev–Trinajstić information content (AvgIpc) is 2.28. The van der Waals surface area contributed by atoms with Crippen LogP contribution in [0.1, 0.15) is 6.23 Å². The van der Waals surface area contributed by atoms with Crippen LogP contribution >= 0.6 is 0 Å². The number of nitrogens with two attached hydrogens (primary N) is 1. The van der Waals surface area contributed by atoms with Crippen LogP contribution in [0.3, 0.4) is 0 Å². The van der Waals surface area contributed by atoms with Crippen LogP contribution in [0.25, 0.3) is 0 Å². The van der Waals surface area contributed by atoms with Gasteiger partial charge in [-0.15, -0.1) is 0 Å². The number of ether oxygens (including phenoxy) is 1. The molecule has 0 bridgehead atoms. The molecule has 8 heteroatoms. The van der Waals surface area contributed by atoms with Crippen LogP contribution in [0.2, 0.25) is 0 Å². The normalized spacial score (nSPS) is 33.6. The second-order valence-corrected chi connectivity index (χ2v) is 3.81. The van der Waals surface area contributed by atoms with Crippen LogP contribution in [-0.4, -0.2) is 49.8 Å². The highest BCUT2D eigenvalue weighted by Crippen LogP contribution is 2.22. The Morgan fingerprint density at radius 1 is 1.41 bits per heavy atom. The Kier molecular flexibility index (Phi) is 3.11. The van der Waals surface area contributed by atoms with Crippen molar-refractivity contribution in [1.29, 1.82) is 0 Å². The van der Waals surface area contributed by atoms with E-state index in [1.54, 1.807) is 0 Å². The van der Waals surface area contributed by atoms with Gasteiger partial charge in [0.2, 0.25) is 0 Å². The van der Waals surface area contributed by atoms with Crippen molar-refractivity contribution in [2.75, 3.05) is 12.3 Å². The molecular formula is C9H13N3O5. The number of nitrogens with zero attached hydrogens (tertiary/aromatic N) is 2. The van der Waals surface area contributed by atoms with E-state index in [-0.39, 0.29) is 12.4 Å². The molecule has 1 aromatic rings. The molecule has 8 nitrogen and oxygen atoms in total. The zero-order valence-electron chi connectivity index (χ0n) is 8.80. The number of rotatable bonds is 1. The molecule has 0 radical (unpaired) electrons. The number of nitrogen functional groups attached to an aromatic ring is 1. The number of aliphatic hydroxyl groups excluding tert-OH is 3. The Morgan fingerprint density at radius 3 is 2.76 bits per heavy atom. The molecule has 0 amide bonds. The summed E-state index contributed by atoms with van der Waals surface area (Å²) in [6.07, 6.45) is -3.75. The topological polar surface area (TPSA) is 131 Å². The molecule has 2 heterocycles. The van der Waals surface area contributed by atoms with Crippen LogP contribution < -0.4 is 11.4 Å². The first kappa shape index (κ1) is 12.0. The third kappa shape index (κ3) is 2.15. The molecule has 0 aromatic carbocycles. The molecule has 1 aliphatic heterocycles. The largest absolute Gasteiger partial charge is 0.388 e. The van der Waals surface area contributed by atoms with Gasteiger partial charge in [0.15, 0.2) is 6.23 Å². The summed E-state index contributed by atoms with van der Waals surface area (Å²) in [5.41, 5.74) is 4.63. The Bertz CT molecular complexity index is 462. The molecule has 1 aliphatic rings. The minimum absolute atomic E-state index is 0.0529. The van der Waals surface area contributed by atoms with Crippen LogP contribution in [0.4, 0.5) is 5.82 Å². The summed E-state index contributed by atoms with van der Waals surface area (Å²) in [5, 5.41) is 28.5. The van der Waals surface area contributed by atoms with Crippen LogP contribution in [0, 0.1) is 0 Å². The Balaban J connectivity index is 2.31. The van der Waals surface area contributed by atoms with E-state index < -0.39 is 30.2 Å². The van der Waals surface area contributed by atoms with E-state index in [0.717, 1.165) is 4.57 Å². The van der Waals surface area contributed by atoms with E-state index in [9.17, 15) is 20.1 Å². The highest BCUT2D eigenvalue weighted by molar-refractivity contribution is 5.23. The maximum atomic E-state index is 11.5. The number of aromatic nitrogens is 2. The van der Waals surface area contributed by atoms with Crippen molar-refractivity contribution in [2.24, 2.45) is 0 Å². The number of hydrogen-bond acceptors (Lipinski definition) is 7. The lowest BCUT2D eigenvalue weighted by Crippen LogP contribution is -2.52. The zero-order chi connectivity index (χ0) is 12.6. The molecule has 17 heavy (non-hydrogen) atoms. The Hall–Kier alpha value is -1.48. The van der Waals surface area contributed by atoms with Gasteiger partial charge in [0.25, 0.3) is 0 Å². The third-order valence-corrected chi connectivity index (χ3v) is 2.60. The van der Waals surface area contributed by atoms with Crippen molar-refractivity contribution >= 4 is 5.82 Å². The quantitative estimate of drug-likeness (QED) is 0.426. The van der Waals surface area contributed by atoms with Gasteiger partial charge in [-0.25, -0.2) is 4.79 Å². The molecular weight excluding hydrogens is 230 g/mol. The molecule has 1 unspecified atom stereocenters. The highest BCUT2D eigenvalue weighted by atomic mass is 16.5. The van der Waals surface area contributed by atoms with Crippen LogP contribution in [0.15, 0.2) is 17.1 Å². The zero-order valence-corrected chi connectivity index (χ0v) is 8.80. The standard InChI is InChI=1S/C9H13N3O5/c10-5-1-2-12(9(16)11-5)8-7(15)6(14)4(13)3-17-8/h1-2,4,6-8,13-15H,3H2,(H2,10,11,16)/t4-,6-,7-,8?/m1/s1. The first-order valence-corrected chi connectivity index (χ1v) is 5.01. The summed E-state index contributed by atoms with van der Waals surface area (Å²) >= 11 is 0. The molecule has 0 aliphatic carbocycles. The van der Waals surface area contributed by atoms with E-state index in [1.807, 2.05) is 0 Å². The lowest BCUT2D eigenvalue weighted by Gasteiger charge is -2.35. The SMILES string of the molecule is Nc1ccn(C2OC[C@@H](O)[C@@H](O)[C@H]2O)c(=O)n1. The van der Waals surface area contributed by atoms with E-state index in [1.165, 1.54) is 12.3 Å². The fraction of sp³-hybridized carbons (Fsp3) is 0.556. The van der Waals surface area contributed by atoms with Crippen molar-refractivity contribution in [3.05, 3.63) is 22.7 Å². The summed E-state index contributed by atoms with van der Waals surface area (Å²) in [7, 11) is 0. The number of aliphatic hydroxyl groups is 3. The fourth-order valence-corrected chi connectivity index (χ4v) is 1.66. The number of hydrogen-bond donors (Lipinski definition) is 4. The van der Waals surface area contributed by atoms with Gasteiger partial charge in [-0.05, 0) is 6.07 Å². The molecule has 1 fully saturated rings. The molecule has 0 saturated carbocycles. The predicted molar refractivity (Wildman–Crippen MR) is 55.9 cm³/mol. The monoisotopic (exact) mass is 243 g/mol. The van der Waals surface area contributed by atoms with E-state index in [4.69, 9.17) is 10.5 Å². The maximum Gasteiger partial charge on any atom is 0.351 e. The molecule has 4 atom stereocenters. The molecule has 0 spiro atoms. The second-order valence-electron chi connectivity index (χ2n) is 3.81. The summed E-state index contributed by atoms with van der Waals surface area (Å²) in [4.78, 5) is 15.0. The summed E-state index contributed by atoms with van der Waals surface area (Å²) in [6, 6.07) is 1.37. The fourth-order valence-electron chi connectivity index (χ4n) is 1.66. The van der Waals surface area contributed by atoms with Gasteiger partial charge in [-0.1, -0.05) is 0 Å². The smallest absolute Gasteiger partial charge is 0.351 e. The van der Waals surface area contributed by atoms with Crippen molar-refractivity contribution in [1.82, 2.24) is 9.55 Å². The molecule has 1 aromatic heterocycles. The highest BCUT2D eigenvalue weighted by Gasteiger charge is 2.38. The van der Waals surface area contributed by atoms with Gasteiger partial charge in [0.1, 0.15) is 24.1 Å². The van der Waals surface area contributed by atoms with Gasteiger partial charge >= 0.3 is 5.69 Å². The molecule has 1 saturated heterocycles. The Labute approximate surface area is 95.9 Å². The second kappa shape index (κ2) is 4.41. The summed E-state index contributed by atoms with van der Waals surface area (Å²) < 4.78 is 6.11. The Morgan fingerprint density at radius 2 is 2.12 bits per heavy atom. The molecule has 94 valence electrons. The minimum atomic E-state index is -1.41. The average molecular weight is 243 g/mol. The predicted octanol–water partition coefficient (Wildman–Crippen LogP) is -2.56. The van der Waals surface area contributed by atoms with Crippen molar-refractivity contribution in [3.8, 4) is 0 Å². The van der Waals surface area contributed by atoms with Crippen LogP contribution in [0.5, 0.6) is 0 Å². The number of anilines is 1. The lowest BCUT2D eigenvalue weighted by molar-refractivity contribution is -0.212. The minimum Gasteiger partial charge on any atom is -0.388 e. The summed E-state index contributed by atoms with van der Waals surface area (Å²) in [5.74, 6) is 0.0529. The van der Waals surface area contributed by atoms with Gasteiger partial charge in [-0.2, -0.15) is 4.98 Å². The van der Waals surface area contributed by atoms with Crippen molar-refractivity contribution in [2.45, 2.75) is 24.5 Å². The third-order valence-electron chi connectivity index (χ3n) is 2.60. The van der Waals surface area contributed by atoms with Gasteiger partial charge in [-0.3, -0.25) is 4.57 Å².